The van der Waals surface area contributed by atoms with Gasteiger partial charge in [-0.05, 0) is 13.3 Å². The Kier molecular flexibility index (Phi) is 2.50. The molecule has 2 atom stereocenters. The van der Waals surface area contributed by atoms with Crippen molar-refractivity contribution >= 4 is 5.91 Å². The molecule has 2 N–H and O–H groups in total. The van der Waals surface area contributed by atoms with Crippen molar-refractivity contribution in [2.75, 3.05) is 0 Å². The number of hydrogen-bond donors (Lipinski definition) is 2. The van der Waals surface area contributed by atoms with E-state index in [0.29, 0.717) is 17.7 Å². The van der Waals surface area contributed by atoms with Crippen LogP contribution in [0, 0.1) is 12.3 Å². The number of amides is 1. The first-order chi connectivity index (χ1) is 7.43. The molecule has 0 radical (unpaired) electrons. The summed E-state index contributed by atoms with van der Waals surface area (Å²) in [6.45, 7) is 5.57. The second-order valence-corrected chi connectivity index (χ2v) is 4.89. The fourth-order valence-electron chi connectivity index (χ4n) is 1.90. The largest absolute Gasteiger partial charge is 0.392 e. The van der Waals surface area contributed by atoms with E-state index in [1.165, 1.54) is 6.20 Å². The number of nitrogens with one attached hydrogen (secondary N) is 1. The summed E-state index contributed by atoms with van der Waals surface area (Å²) in [7, 11) is 0. The number of hydrogen-bond acceptors (Lipinski definition) is 4. The Morgan fingerprint density at radius 2 is 2.38 bits per heavy atom. The molecule has 5 heteroatoms. The van der Waals surface area contributed by atoms with Gasteiger partial charge >= 0.3 is 0 Å². The molecule has 1 aliphatic rings. The number of carbonyl (C=O) groups excluding carboxylic acids is 1. The normalized spacial score (nSPS) is 27.2. The number of aryl methyl sites for hydroxylation is 1. The zero-order valence-electron chi connectivity index (χ0n) is 9.65. The molecule has 1 fully saturated rings. The lowest BCUT2D eigenvalue weighted by Gasteiger charge is -2.49. The topological polar surface area (TPSA) is 75.4 Å². The van der Waals surface area contributed by atoms with Crippen LogP contribution in [0.3, 0.4) is 0 Å². The van der Waals surface area contributed by atoms with Gasteiger partial charge in [0.2, 0.25) is 0 Å². The second kappa shape index (κ2) is 3.59. The van der Waals surface area contributed by atoms with Crippen molar-refractivity contribution in [3.63, 3.8) is 0 Å². The van der Waals surface area contributed by atoms with Gasteiger partial charge in [-0.1, -0.05) is 19.0 Å². The monoisotopic (exact) mass is 224 g/mol. The Hall–Kier alpha value is -1.36. The smallest absolute Gasteiger partial charge is 0.256 e. The molecule has 0 saturated heterocycles. The van der Waals surface area contributed by atoms with E-state index in [0.717, 1.165) is 0 Å². The van der Waals surface area contributed by atoms with Crippen LogP contribution in [0.1, 0.15) is 36.4 Å². The molecule has 1 saturated carbocycles. The fraction of sp³-hybridized carbons (Fsp3) is 0.636. The summed E-state index contributed by atoms with van der Waals surface area (Å²) in [6, 6.07) is 0.00398. The average molecular weight is 224 g/mol. The molecule has 0 aliphatic heterocycles. The van der Waals surface area contributed by atoms with Gasteiger partial charge < -0.3 is 14.9 Å². The molecule has 5 nitrogen and oxygen atoms in total. The molecule has 16 heavy (non-hydrogen) atoms. The Labute approximate surface area is 93.8 Å². The van der Waals surface area contributed by atoms with Gasteiger partial charge in [0.25, 0.3) is 5.91 Å². The Balaban J connectivity index is 2.02. The fourth-order valence-corrected chi connectivity index (χ4v) is 1.90. The third-order valence-corrected chi connectivity index (χ3v) is 3.52. The minimum atomic E-state index is -0.346. The number of rotatable bonds is 2. The minimum Gasteiger partial charge on any atom is -0.392 e. The van der Waals surface area contributed by atoms with Crippen LogP contribution in [0.25, 0.3) is 0 Å². The lowest BCUT2D eigenvalue weighted by atomic mass is 9.64. The van der Waals surface area contributed by atoms with Crippen LogP contribution < -0.4 is 5.32 Å². The molecular formula is C11H16N2O3. The highest BCUT2D eigenvalue weighted by Gasteiger charge is 2.48. The van der Waals surface area contributed by atoms with Gasteiger partial charge in [-0.3, -0.25) is 4.79 Å². The predicted molar refractivity (Wildman–Crippen MR) is 56.9 cm³/mol. The first kappa shape index (κ1) is 11.1. The van der Waals surface area contributed by atoms with Gasteiger partial charge in [-0.25, -0.2) is 0 Å². The lowest BCUT2D eigenvalue weighted by molar-refractivity contribution is -0.0689. The Bertz CT molecular complexity index is 411. The molecular weight excluding hydrogens is 208 g/mol. The molecule has 88 valence electrons. The quantitative estimate of drug-likeness (QED) is 0.781. The lowest BCUT2D eigenvalue weighted by Crippen LogP contribution is -2.61. The van der Waals surface area contributed by atoms with Crippen molar-refractivity contribution in [2.45, 2.75) is 39.3 Å². The number of nitrogens with zero attached hydrogens (tertiary/aromatic N) is 1. The van der Waals surface area contributed by atoms with Crippen molar-refractivity contribution < 1.29 is 14.4 Å². The molecule has 0 spiro atoms. The summed E-state index contributed by atoms with van der Waals surface area (Å²) in [5.74, 6) is 0.318. The van der Waals surface area contributed by atoms with Gasteiger partial charge in [0.05, 0.1) is 12.3 Å². The molecule has 2 rings (SSSR count). The maximum Gasteiger partial charge on any atom is 0.256 e. The highest BCUT2D eigenvalue weighted by Crippen LogP contribution is 2.40. The van der Waals surface area contributed by atoms with Crippen LogP contribution in [0.15, 0.2) is 10.7 Å². The summed E-state index contributed by atoms with van der Waals surface area (Å²) >= 11 is 0. The minimum absolute atomic E-state index is 0.00398. The molecule has 2 unspecified atom stereocenters. The third kappa shape index (κ3) is 1.61. The molecule has 1 aliphatic carbocycles. The summed E-state index contributed by atoms with van der Waals surface area (Å²) in [6.07, 6.45) is 1.66. The highest BCUT2D eigenvalue weighted by atomic mass is 16.5. The zero-order valence-corrected chi connectivity index (χ0v) is 9.65. The van der Waals surface area contributed by atoms with Crippen LogP contribution in [0.5, 0.6) is 0 Å². The number of carbonyl (C=O) groups is 1. The Morgan fingerprint density at radius 3 is 2.81 bits per heavy atom. The predicted octanol–water partition coefficient (Wildman–Crippen LogP) is 0.872. The first-order valence-corrected chi connectivity index (χ1v) is 5.33. The van der Waals surface area contributed by atoms with E-state index in [9.17, 15) is 9.90 Å². The van der Waals surface area contributed by atoms with Crippen molar-refractivity contribution in [3.8, 4) is 0 Å². The Morgan fingerprint density at radius 1 is 1.69 bits per heavy atom. The van der Waals surface area contributed by atoms with Gasteiger partial charge in [0, 0.05) is 11.5 Å². The van der Waals surface area contributed by atoms with Crippen LogP contribution in [-0.2, 0) is 0 Å². The van der Waals surface area contributed by atoms with Crippen LogP contribution >= 0.6 is 0 Å². The van der Waals surface area contributed by atoms with E-state index in [1.54, 1.807) is 6.92 Å². The highest BCUT2D eigenvalue weighted by molar-refractivity contribution is 5.95. The molecule has 1 aromatic rings. The molecule has 1 aromatic heterocycles. The standard InChI is InChI=1S/C11H16N2O3/c1-6-7(5-12-16-6)10(15)13-8-4-9(14)11(8,2)3/h5,8-9,14H,4H2,1-3H3,(H,13,15). The average Bonchev–Trinajstić information content (AvgIpc) is 2.64. The summed E-state index contributed by atoms with van der Waals surface area (Å²) in [5.41, 5.74) is 0.193. The van der Waals surface area contributed by atoms with E-state index in [1.807, 2.05) is 13.8 Å². The number of aliphatic hydroxyl groups excluding tert-OH is 1. The van der Waals surface area contributed by atoms with Gasteiger partial charge in [0.15, 0.2) is 0 Å². The first-order valence-electron chi connectivity index (χ1n) is 5.33. The molecule has 1 amide bonds. The second-order valence-electron chi connectivity index (χ2n) is 4.89. The maximum absolute atomic E-state index is 11.8. The van der Waals surface area contributed by atoms with E-state index in [2.05, 4.69) is 10.5 Å². The van der Waals surface area contributed by atoms with Crippen molar-refractivity contribution in [3.05, 3.63) is 17.5 Å². The van der Waals surface area contributed by atoms with Crippen LogP contribution in [-0.4, -0.2) is 28.3 Å². The SMILES string of the molecule is Cc1oncc1C(=O)NC1CC(O)C1(C)C. The number of aliphatic hydroxyl groups is 1. The molecule has 1 heterocycles. The van der Waals surface area contributed by atoms with E-state index in [-0.39, 0.29) is 23.5 Å². The van der Waals surface area contributed by atoms with Crippen LogP contribution in [0.2, 0.25) is 0 Å². The zero-order chi connectivity index (χ0) is 11.9. The molecule has 0 aromatic carbocycles. The van der Waals surface area contributed by atoms with Crippen molar-refractivity contribution in [2.24, 2.45) is 5.41 Å². The number of aromatic nitrogens is 1. The third-order valence-electron chi connectivity index (χ3n) is 3.52. The van der Waals surface area contributed by atoms with E-state index < -0.39 is 0 Å². The van der Waals surface area contributed by atoms with Gasteiger partial charge in [0.1, 0.15) is 11.3 Å². The van der Waals surface area contributed by atoms with Crippen LogP contribution in [0.4, 0.5) is 0 Å². The summed E-state index contributed by atoms with van der Waals surface area (Å²) in [5, 5.41) is 16.0. The maximum atomic E-state index is 11.8. The van der Waals surface area contributed by atoms with E-state index in [4.69, 9.17) is 4.52 Å². The van der Waals surface area contributed by atoms with E-state index >= 15 is 0 Å². The van der Waals surface area contributed by atoms with Gasteiger partial charge in [-0.15, -0.1) is 0 Å². The van der Waals surface area contributed by atoms with Crippen molar-refractivity contribution in [1.82, 2.24) is 10.5 Å². The van der Waals surface area contributed by atoms with Gasteiger partial charge in [-0.2, -0.15) is 0 Å². The summed E-state index contributed by atoms with van der Waals surface area (Å²) < 4.78 is 4.83. The summed E-state index contributed by atoms with van der Waals surface area (Å²) in [4.78, 5) is 11.8. The molecule has 0 bridgehead atoms. The van der Waals surface area contributed by atoms with Crippen molar-refractivity contribution in [1.29, 1.82) is 0 Å².